The zero-order chi connectivity index (χ0) is 13.0. The zero-order valence-corrected chi connectivity index (χ0v) is 10.5. The monoisotopic (exact) mass is 250 g/mol. The number of aromatic nitrogens is 1. The highest BCUT2D eigenvalue weighted by Gasteiger charge is 2.21. The number of carboxylic acids is 1. The van der Waals surface area contributed by atoms with E-state index in [0.717, 1.165) is 32.5 Å². The first-order valence-electron chi connectivity index (χ1n) is 6.26. The van der Waals surface area contributed by atoms with E-state index in [0.29, 0.717) is 11.3 Å². The molecule has 5 nitrogen and oxygen atoms in total. The van der Waals surface area contributed by atoms with E-state index in [9.17, 15) is 9.90 Å². The summed E-state index contributed by atoms with van der Waals surface area (Å²) in [5.74, 6) is -0.911. The van der Waals surface area contributed by atoms with Crippen LogP contribution in [0.5, 0.6) is 0 Å². The third-order valence-corrected chi connectivity index (χ3v) is 3.18. The van der Waals surface area contributed by atoms with Crippen LogP contribution in [0.3, 0.4) is 0 Å². The Balaban J connectivity index is 2.26. The maximum absolute atomic E-state index is 11.2. The summed E-state index contributed by atoms with van der Waals surface area (Å²) in [6.45, 7) is 4.35. The summed E-state index contributed by atoms with van der Waals surface area (Å²) in [5.41, 5.74) is 0.996. The first kappa shape index (κ1) is 12.8. The van der Waals surface area contributed by atoms with E-state index >= 15 is 0 Å². The van der Waals surface area contributed by atoms with Gasteiger partial charge in [-0.25, -0.2) is 4.79 Å². The lowest BCUT2D eigenvalue weighted by atomic mass is 10.2. The second-order valence-electron chi connectivity index (χ2n) is 4.40. The number of carboxylic acid groups (broad SMARTS) is 1. The van der Waals surface area contributed by atoms with Crippen molar-refractivity contribution in [1.29, 1.82) is 0 Å². The standard InChI is InChI=1S/C13H18N2O3/c1-2-10-9-15(6-3-7-18-10)12-8-14-5-4-11(12)13(16)17/h4-5,8,10H,2-3,6-7,9H2,1H3,(H,16,17). The van der Waals surface area contributed by atoms with E-state index in [-0.39, 0.29) is 6.10 Å². The molecule has 1 aromatic rings. The summed E-state index contributed by atoms with van der Waals surface area (Å²) in [5, 5.41) is 9.20. The molecule has 1 aromatic heterocycles. The summed E-state index contributed by atoms with van der Waals surface area (Å²) in [4.78, 5) is 17.3. The first-order valence-corrected chi connectivity index (χ1v) is 6.26. The third-order valence-electron chi connectivity index (χ3n) is 3.18. The number of pyridine rings is 1. The molecule has 0 aromatic carbocycles. The molecular weight excluding hydrogens is 232 g/mol. The quantitative estimate of drug-likeness (QED) is 0.886. The smallest absolute Gasteiger partial charge is 0.337 e. The van der Waals surface area contributed by atoms with Crippen LogP contribution in [0, 0.1) is 0 Å². The van der Waals surface area contributed by atoms with E-state index in [2.05, 4.69) is 16.8 Å². The Morgan fingerprint density at radius 2 is 2.50 bits per heavy atom. The molecule has 1 aliphatic rings. The van der Waals surface area contributed by atoms with E-state index in [1.54, 1.807) is 12.3 Å². The normalized spacial score (nSPS) is 20.5. The Morgan fingerprint density at radius 3 is 3.22 bits per heavy atom. The zero-order valence-electron chi connectivity index (χ0n) is 10.5. The third kappa shape index (κ3) is 2.79. The summed E-state index contributed by atoms with van der Waals surface area (Å²) in [6.07, 6.45) is 5.14. The Bertz CT molecular complexity index is 422. The summed E-state index contributed by atoms with van der Waals surface area (Å²) >= 11 is 0. The van der Waals surface area contributed by atoms with Gasteiger partial charge in [-0.15, -0.1) is 0 Å². The number of hydrogen-bond acceptors (Lipinski definition) is 4. The van der Waals surface area contributed by atoms with Gasteiger partial charge in [-0.05, 0) is 18.9 Å². The van der Waals surface area contributed by atoms with Crippen molar-refractivity contribution >= 4 is 11.7 Å². The van der Waals surface area contributed by atoms with Crippen molar-refractivity contribution in [2.24, 2.45) is 0 Å². The van der Waals surface area contributed by atoms with Crippen molar-refractivity contribution in [3.05, 3.63) is 24.0 Å². The first-order chi connectivity index (χ1) is 8.72. The van der Waals surface area contributed by atoms with Crippen molar-refractivity contribution < 1.29 is 14.6 Å². The maximum atomic E-state index is 11.2. The summed E-state index contributed by atoms with van der Waals surface area (Å²) in [6, 6.07) is 1.55. The second-order valence-corrected chi connectivity index (χ2v) is 4.40. The second kappa shape index (κ2) is 5.82. The van der Waals surface area contributed by atoms with Gasteiger partial charge in [0.25, 0.3) is 0 Å². The largest absolute Gasteiger partial charge is 0.478 e. The van der Waals surface area contributed by atoms with Gasteiger partial charge in [-0.2, -0.15) is 0 Å². The minimum Gasteiger partial charge on any atom is -0.478 e. The number of hydrogen-bond donors (Lipinski definition) is 1. The molecule has 2 heterocycles. The van der Waals surface area contributed by atoms with Gasteiger partial charge in [0.2, 0.25) is 0 Å². The lowest BCUT2D eigenvalue weighted by Gasteiger charge is -2.26. The van der Waals surface area contributed by atoms with E-state index in [4.69, 9.17) is 4.74 Å². The van der Waals surface area contributed by atoms with Gasteiger partial charge in [0.15, 0.2) is 0 Å². The molecule has 1 atom stereocenters. The van der Waals surface area contributed by atoms with E-state index < -0.39 is 5.97 Å². The number of nitrogens with zero attached hydrogens (tertiary/aromatic N) is 2. The highest BCUT2D eigenvalue weighted by atomic mass is 16.5. The number of aromatic carboxylic acids is 1. The lowest BCUT2D eigenvalue weighted by molar-refractivity contribution is 0.0660. The van der Waals surface area contributed by atoms with Gasteiger partial charge >= 0.3 is 5.97 Å². The molecule has 0 saturated carbocycles. The van der Waals surface area contributed by atoms with Gasteiger partial charge in [0.05, 0.1) is 23.6 Å². The molecule has 2 rings (SSSR count). The van der Waals surface area contributed by atoms with Crippen LogP contribution in [0.1, 0.15) is 30.1 Å². The number of ether oxygens (including phenoxy) is 1. The van der Waals surface area contributed by atoms with Gasteiger partial charge in [0.1, 0.15) is 0 Å². The van der Waals surface area contributed by atoms with E-state index in [1.165, 1.54) is 6.20 Å². The van der Waals surface area contributed by atoms with Crippen molar-refractivity contribution in [3.63, 3.8) is 0 Å². The van der Waals surface area contributed by atoms with Crippen LogP contribution >= 0.6 is 0 Å². The molecule has 1 aliphatic heterocycles. The van der Waals surface area contributed by atoms with E-state index in [1.807, 2.05) is 0 Å². The highest BCUT2D eigenvalue weighted by Crippen LogP contribution is 2.22. The van der Waals surface area contributed by atoms with Crippen LogP contribution in [0.2, 0.25) is 0 Å². The minimum atomic E-state index is -0.911. The predicted octanol–water partition coefficient (Wildman–Crippen LogP) is 1.79. The molecule has 18 heavy (non-hydrogen) atoms. The topological polar surface area (TPSA) is 62.7 Å². The van der Waals surface area contributed by atoms with Crippen molar-refractivity contribution in [2.75, 3.05) is 24.6 Å². The van der Waals surface area contributed by atoms with Crippen molar-refractivity contribution in [2.45, 2.75) is 25.9 Å². The number of anilines is 1. The molecule has 0 aliphatic carbocycles. The molecule has 1 saturated heterocycles. The number of carbonyl (C=O) groups is 1. The Morgan fingerprint density at radius 1 is 1.67 bits per heavy atom. The molecule has 1 unspecified atom stereocenters. The molecule has 0 bridgehead atoms. The van der Waals surface area contributed by atoms with Crippen LogP contribution in [0.25, 0.3) is 0 Å². The lowest BCUT2D eigenvalue weighted by Crippen LogP contribution is -2.32. The van der Waals surface area contributed by atoms with Crippen LogP contribution in [0.15, 0.2) is 18.5 Å². The molecule has 98 valence electrons. The van der Waals surface area contributed by atoms with Gasteiger partial charge < -0.3 is 14.7 Å². The molecule has 5 heteroatoms. The SMILES string of the molecule is CCC1CN(c2cnccc2C(=O)O)CCCO1. The molecule has 0 radical (unpaired) electrons. The average Bonchev–Trinajstić information content (AvgIpc) is 2.64. The minimum absolute atomic E-state index is 0.161. The van der Waals surface area contributed by atoms with Gasteiger partial charge in [-0.3, -0.25) is 4.98 Å². The van der Waals surface area contributed by atoms with Crippen molar-refractivity contribution in [1.82, 2.24) is 4.98 Å². The van der Waals surface area contributed by atoms with Gasteiger partial charge in [-0.1, -0.05) is 6.92 Å². The molecule has 0 amide bonds. The highest BCUT2D eigenvalue weighted by molar-refractivity contribution is 5.94. The van der Waals surface area contributed by atoms with Gasteiger partial charge in [0, 0.05) is 25.9 Å². The fraction of sp³-hybridized carbons (Fsp3) is 0.538. The molecule has 1 fully saturated rings. The number of rotatable bonds is 3. The van der Waals surface area contributed by atoms with Crippen molar-refractivity contribution in [3.8, 4) is 0 Å². The van der Waals surface area contributed by atoms with Crippen LogP contribution in [-0.4, -0.2) is 41.9 Å². The molecular formula is C13H18N2O3. The Hall–Kier alpha value is -1.62. The maximum Gasteiger partial charge on any atom is 0.337 e. The Kier molecular flexibility index (Phi) is 4.15. The van der Waals surface area contributed by atoms with Crippen LogP contribution < -0.4 is 4.90 Å². The molecule has 1 N–H and O–H groups in total. The summed E-state index contributed by atoms with van der Waals surface area (Å²) in [7, 11) is 0. The fourth-order valence-electron chi connectivity index (χ4n) is 2.18. The average molecular weight is 250 g/mol. The predicted molar refractivity (Wildman–Crippen MR) is 68.1 cm³/mol. The van der Waals surface area contributed by atoms with Crippen LogP contribution in [-0.2, 0) is 4.74 Å². The van der Waals surface area contributed by atoms with Crippen LogP contribution in [0.4, 0.5) is 5.69 Å². The summed E-state index contributed by atoms with van der Waals surface area (Å²) < 4.78 is 5.69. The molecule has 0 spiro atoms. The Labute approximate surface area is 106 Å². The fourth-order valence-corrected chi connectivity index (χ4v) is 2.18.